The highest BCUT2D eigenvalue weighted by Gasteiger charge is 2.20. The third kappa shape index (κ3) is 5.22. The largest absolute Gasteiger partial charge is 0.489 e. The number of hydrogen-bond acceptors (Lipinski definition) is 4. The van der Waals surface area contributed by atoms with Crippen LogP contribution in [0.1, 0.15) is 35.1 Å². The van der Waals surface area contributed by atoms with Crippen molar-refractivity contribution in [3.63, 3.8) is 0 Å². The normalized spacial score (nSPS) is 18.1. The molecule has 1 aliphatic carbocycles. The van der Waals surface area contributed by atoms with Crippen molar-refractivity contribution in [2.24, 2.45) is 0 Å². The van der Waals surface area contributed by atoms with Gasteiger partial charge in [-0.25, -0.2) is 0 Å². The van der Waals surface area contributed by atoms with Gasteiger partial charge in [-0.3, -0.25) is 14.3 Å². The van der Waals surface area contributed by atoms with Crippen LogP contribution in [-0.2, 0) is 19.6 Å². The van der Waals surface area contributed by atoms with Gasteiger partial charge in [0.05, 0.1) is 6.10 Å². The molecule has 5 nitrogen and oxygen atoms in total. The quantitative estimate of drug-likeness (QED) is 0.582. The SMILES string of the molecule is O=c1cc(OCc2ccc(Cl)cc2)ccn1C1=Cc2ccc(CN3CCC(O)C3)cc2CC1. The van der Waals surface area contributed by atoms with Gasteiger partial charge in [0, 0.05) is 42.6 Å². The summed E-state index contributed by atoms with van der Waals surface area (Å²) in [6.45, 7) is 2.96. The molecule has 2 aliphatic rings. The van der Waals surface area contributed by atoms with E-state index in [0.717, 1.165) is 55.7 Å². The molecular weight excluding hydrogens is 436 g/mol. The molecule has 0 spiro atoms. The lowest BCUT2D eigenvalue weighted by Gasteiger charge is -2.21. The molecule has 0 saturated carbocycles. The second-order valence-electron chi connectivity index (χ2n) is 8.83. The first-order valence-corrected chi connectivity index (χ1v) is 11.7. The Morgan fingerprint density at radius 3 is 2.61 bits per heavy atom. The molecule has 0 amide bonds. The number of aromatic nitrogens is 1. The highest BCUT2D eigenvalue weighted by atomic mass is 35.5. The minimum atomic E-state index is -0.194. The van der Waals surface area contributed by atoms with Crippen molar-refractivity contribution in [2.75, 3.05) is 13.1 Å². The van der Waals surface area contributed by atoms with Crippen LogP contribution in [0.2, 0.25) is 5.02 Å². The fourth-order valence-corrected chi connectivity index (χ4v) is 4.69. The first kappa shape index (κ1) is 22.0. The predicted molar refractivity (Wildman–Crippen MR) is 131 cm³/mol. The minimum absolute atomic E-state index is 0.0949. The number of rotatable bonds is 6. The van der Waals surface area contributed by atoms with Gasteiger partial charge in [0.25, 0.3) is 5.56 Å². The first-order chi connectivity index (χ1) is 16.0. The second-order valence-corrected chi connectivity index (χ2v) is 9.27. The number of nitrogens with zero attached hydrogens (tertiary/aromatic N) is 2. The summed E-state index contributed by atoms with van der Waals surface area (Å²) < 4.78 is 7.50. The Kier molecular flexibility index (Phi) is 6.36. The predicted octanol–water partition coefficient (Wildman–Crippen LogP) is 4.59. The molecule has 170 valence electrons. The molecule has 1 unspecified atom stereocenters. The minimum Gasteiger partial charge on any atom is -0.489 e. The third-order valence-electron chi connectivity index (χ3n) is 6.35. The molecule has 2 aromatic carbocycles. The van der Waals surface area contributed by atoms with Gasteiger partial charge in [-0.2, -0.15) is 0 Å². The lowest BCUT2D eigenvalue weighted by atomic mass is 9.93. The summed E-state index contributed by atoms with van der Waals surface area (Å²) >= 11 is 5.92. The van der Waals surface area contributed by atoms with Crippen LogP contribution in [0.15, 0.2) is 65.6 Å². The number of aryl methyl sites for hydroxylation is 1. The van der Waals surface area contributed by atoms with E-state index in [1.165, 1.54) is 11.1 Å². The summed E-state index contributed by atoms with van der Waals surface area (Å²) in [7, 11) is 0. The van der Waals surface area contributed by atoms with Crippen molar-refractivity contribution >= 4 is 23.4 Å². The molecule has 1 fully saturated rings. The number of aliphatic hydroxyl groups excluding tert-OH is 1. The van der Waals surface area contributed by atoms with Crippen molar-refractivity contribution in [3.05, 3.63) is 98.4 Å². The summed E-state index contributed by atoms with van der Waals surface area (Å²) in [5.74, 6) is 0.555. The third-order valence-corrected chi connectivity index (χ3v) is 6.60. The number of aliphatic hydroxyl groups is 1. The van der Waals surface area contributed by atoms with Crippen LogP contribution in [0.25, 0.3) is 11.8 Å². The Bertz CT molecular complexity index is 1230. The maximum Gasteiger partial charge on any atom is 0.258 e. The van der Waals surface area contributed by atoms with E-state index in [4.69, 9.17) is 16.3 Å². The van der Waals surface area contributed by atoms with E-state index in [0.29, 0.717) is 17.4 Å². The van der Waals surface area contributed by atoms with Crippen molar-refractivity contribution in [1.82, 2.24) is 9.47 Å². The van der Waals surface area contributed by atoms with Gasteiger partial charge in [0.2, 0.25) is 0 Å². The van der Waals surface area contributed by atoms with Crippen LogP contribution in [0.5, 0.6) is 5.75 Å². The molecule has 5 rings (SSSR count). The number of allylic oxidation sites excluding steroid dienone is 1. The molecular formula is C27H27ClN2O3. The number of hydrogen-bond donors (Lipinski definition) is 1. The monoisotopic (exact) mass is 462 g/mol. The smallest absolute Gasteiger partial charge is 0.258 e. The van der Waals surface area contributed by atoms with Gasteiger partial charge in [-0.15, -0.1) is 0 Å². The van der Waals surface area contributed by atoms with Gasteiger partial charge in [0.1, 0.15) is 12.4 Å². The standard InChI is InChI=1S/C27H27ClN2O3/c28-23-6-2-19(3-7-23)18-33-26-10-12-30(27(32)15-26)24-8-5-21-13-20(1-4-22(21)14-24)16-29-11-9-25(31)17-29/h1-4,6-7,10,12-15,25,31H,5,8-9,11,16-18H2. The van der Waals surface area contributed by atoms with E-state index >= 15 is 0 Å². The molecule has 0 bridgehead atoms. The maximum absolute atomic E-state index is 12.8. The Balaban J connectivity index is 1.27. The summed E-state index contributed by atoms with van der Waals surface area (Å²) in [4.78, 5) is 15.1. The number of β-amino-alcohol motifs (C(OH)–C–C–N with tert-alkyl or cyclic N) is 1. The molecule has 33 heavy (non-hydrogen) atoms. The van der Waals surface area contributed by atoms with E-state index in [2.05, 4.69) is 29.2 Å². The van der Waals surface area contributed by atoms with Crippen molar-refractivity contribution in [2.45, 2.75) is 38.5 Å². The number of benzene rings is 2. The molecule has 2 heterocycles. The topological polar surface area (TPSA) is 54.7 Å². The molecule has 6 heteroatoms. The summed E-state index contributed by atoms with van der Waals surface area (Å²) in [6, 6.07) is 17.4. The van der Waals surface area contributed by atoms with Gasteiger partial charge in [-0.1, -0.05) is 41.9 Å². The first-order valence-electron chi connectivity index (χ1n) is 11.4. The van der Waals surface area contributed by atoms with Crippen LogP contribution in [0, 0.1) is 0 Å². The molecule has 0 radical (unpaired) electrons. The van der Waals surface area contributed by atoms with Crippen LogP contribution in [0.4, 0.5) is 0 Å². The van der Waals surface area contributed by atoms with E-state index in [1.807, 2.05) is 30.3 Å². The lowest BCUT2D eigenvalue weighted by Crippen LogP contribution is -2.22. The van der Waals surface area contributed by atoms with Crippen molar-refractivity contribution in [3.8, 4) is 5.75 Å². The summed E-state index contributed by atoms with van der Waals surface area (Å²) in [6.07, 6.45) is 6.28. The molecule has 1 atom stereocenters. The zero-order valence-electron chi connectivity index (χ0n) is 18.4. The van der Waals surface area contributed by atoms with Gasteiger partial charge in [0.15, 0.2) is 0 Å². The van der Waals surface area contributed by atoms with Gasteiger partial charge in [-0.05, 0) is 65.8 Å². The van der Waals surface area contributed by atoms with Crippen LogP contribution in [-0.4, -0.2) is 33.8 Å². The Morgan fingerprint density at radius 1 is 1.03 bits per heavy atom. The zero-order chi connectivity index (χ0) is 22.8. The molecule has 3 aromatic rings. The summed E-state index contributed by atoms with van der Waals surface area (Å²) in [5, 5.41) is 10.4. The maximum atomic E-state index is 12.8. The van der Waals surface area contributed by atoms with Crippen LogP contribution in [0.3, 0.4) is 0 Å². The number of pyridine rings is 1. The molecule has 1 N–H and O–H groups in total. The Hall–Kier alpha value is -2.86. The Labute approximate surface area is 198 Å². The fraction of sp³-hybridized carbons (Fsp3) is 0.296. The highest BCUT2D eigenvalue weighted by Crippen LogP contribution is 2.28. The number of fused-ring (bicyclic) bond motifs is 1. The van der Waals surface area contributed by atoms with Crippen LogP contribution >= 0.6 is 11.6 Å². The molecule has 1 aromatic heterocycles. The number of halogens is 1. The average molecular weight is 463 g/mol. The molecule has 1 saturated heterocycles. The van der Waals surface area contributed by atoms with Gasteiger partial charge < -0.3 is 9.84 Å². The number of likely N-dealkylation sites (tertiary alicyclic amines) is 1. The van der Waals surface area contributed by atoms with Gasteiger partial charge >= 0.3 is 0 Å². The number of ether oxygens (including phenoxy) is 1. The van der Waals surface area contributed by atoms with Crippen LogP contribution < -0.4 is 10.3 Å². The fourth-order valence-electron chi connectivity index (χ4n) is 4.57. The highest BCUT2D eigenvalue weighted by molar-refractivity contribution is 6.30. The Morgan fingerprint density at radius 2 is 1.85 bits per heavy atom. The van der Waals surface area contributed by atoms with E-state index in [1.54, 1.807) is 16.8 Å². The van der Waals surface area contributed by atoms with E-state index in [-0.39, 0.29) is 11.7 Å². The summed E-state index contributed by atoms with van der Waals surface area (Å²) in [5.41, 5.74) is 5.65. The van der Waals surface area contributed by atoms with Crippen molar-refractivity contribution < 1.29 is 9.84 Å². The van der Waals surface area contributed by atoms with Crippen molar-refractivity contribution in [1.29, 1.82) is 0 Å². The zero-order valence-corrected chi connectivity index (χ0v) is 19.2. The second kappa shape index (κ2) is 9.56. The lowest BCUT2D eigenvalue weighted by molar-refractivity contribution is 0.175. The van der Waals surface area contributed by atoms with E-state index in [9.17, 15) is 9.90 Å². The van der Waals surface area contributed by atoms with E-state index < -0.39 is 0 Å². The average Bonchev–Trinajstić information content (AvgIpc) is 3.23. The molecule has 1 aliphatic heterocycles.